The van der Waals surface area contributed by atoms with Crippen molar-refractivity contribution in [2.24, 2.45) is 0 Å². The lowest BCUT2D eigenvalue weighted by molar-refractivity contribution is 0.174. The number of hydrogen-bond donors (Lipinski definition) is 0. The van der Waals surface area contributed by atoms with E-state index in [0.717, 1.165) is 44.5 Å². The van der Waals surface area contributed by atoms with Gasteiger partial charge in [0.25, 0.3) is 0 Å². The van der Waals surface area contributed by atoms with E-state index < -0.39 is 0 Å². The number of pyridine rings is 1. The Hall–Kier alpha value is -3.57. The van der Waals surface area contributed by atoms with Crippen LogP contribution in [0.4, 0.5) is 0 Å². The number of aromatic nitrogens is 3. The lowest BCUT2D eigenvalue weighted by Gasteiger charge is -2.07. The summed E-state index contributed by atoms with van der Waals surface area (Å²) in [5.41, 5.74) is 4.63. The summed E-state index contributed by atoms with van der Waals surface area (Å²) in [7, 11) is 0. The van der Waals surface area contributed by atoms with E-state index in [1.807, 2.05) is 65.5 Å². The van der Waals surface area contributed by atoms with E-state index in [0.29, 0.717) is 10.8 Å². The first-order valence-corrected chi connectivity index (χ1v) is 9.58. The summed E-state index contributed by atoms with van der Waals surface area (Å²) in [6.45, 7) is 0.223. The van der Waals surface area contributed by atoms with E-state index in [2.05, 4.69) is 17.1 Å². The van der Waals surface area contributed by atoms with Crippen molar-refractivity contribution in [1.82, 2.24) is 14.8 Å². The number of fused-ring (bicyclic) bond motifs is 4. The van der Waals surface area contributed by atoms with Gasteiger partial charge in [0.2, 0.25) is 6.79 Å². The Morgan fingerprint density at radius 2 is 1.62 bits per heavy atom. The Kier molecular flexibility index (Phi) is 3.52. The second-order valence-corrected chi connectivity index (χ2v) is 7.28. The van der Waals surface area contributed by atoms with Crippen molar-refractivity contribution in [2.75, 3.05) is 6.79 Å². The molecule has 0 aliphatic carbocycles. The zero-order chi connectivity index (χ0) is 19.4. The molecule has 3 aromatic carbocycles. The first-order chi connectivity index (χ1) is 14.3. The maximum Gasteiger partial charge on any atom is 0.231 e. The van der Waals surface area contributed by atoms with Gasteiger partial charge in [-0.1, -0.05) is 41.9 Å². The van der Waals surface area contributed by atoms with Gasteiger partial charge in [-0.3, -0.25) is 4.98 Å². The smallest absolute Gasteiger partial charge is 0.231 e. The fourth-order valence-corrected chi connectivity index (χ4v) is 3.88. The van der Waals surface area contributed by atoms with Gasteiger partial charge in [-0.05, 0) is 30.3 Å². The van der Waals surface area contributed by atoms with Crippen LogP contribution in [0.3, 0.4) is 0 Å². The highest BCUT2D eigenvalue weighted by Gasteiger charge is 2.21. The third-order valence-corrected chi connectivity index (χ3v) is 5.37. The number of nitrogens with zero attached hydrogens (tertiary/aromatic N) is 3. The third kappa shape index (κ3) is 2.55. The van der Waals surface area contributed by atoms with Gasteiger partial charge in [0.15, 0.2) is 11.5 Å². The van der Waals surface area contributed by atoms with E-state index in [-0.39, 0.29) is 6.79 Å². The summed E-state index contributed by atoms with van der Waals surface area (Å²) in [4.78, 5) is 4.68. The van der Waals surface area contributed by atoms with Crippen LogP contribution in [0, 0.1) is 0 Å². The minimum atomic E-state index is 0.223. The van der Waals surface area contributed by atoms with Gasteiger partial charge >= 0.3 is 0 Å². The highest BCUT2D eigenvalue weighted by atomic mass is 35.5. The normalized spacial score (nSPS) is 12.7. The lowest BCUT2D eigenvalue weighted by atomic mass is 10.1. The Morgan fingerprint density at radius 1 is 0.862 bits per heavy atom. The predicted molar refractivity (Wildman–Crippen MR) is 113 cm³/mol. The average molecular weight is 400 g/mol. The van der Waals surface area contributed by atoms with Gasteiger partial charge < -0.3 is 9.47 Å². The number of benzene rings is 3. The van der Waals surface area contributed by atoms with Crippen molar-refractivity contribution in [3.63, 3.8) is 0 Å². The molecule has 5 aromatic rings. The maximum atomic E-state index is 6.11. The second-order valence-electron chi connectivity index (χ2n) is 6.85. The largest absolute Gasteiger partial charge is 0.454 e. The Bertz CT molecular complexity index is 1380. The van der Waals surface area contributed by atoms with Crippen LogP contribution in [0.5, 0.6) is 11.5 Å². The molecule has 0 atom stereocenters. The number of ether oxygens (including phenoxy) is 2. The van der Waals surface area contributed by atoms with E-state index in [1.54, 1.807) is 0 Å². The molecule has 0 saturated carbocycles. The topological polar surface area (TPSA) is 49.2 Å². The molecule has 0 fully saturated rings. The van der Waals surface area contributed by atoms with Crippen LogP contribution in [0.25, 0.3) is 38.8 Å². The summed E-state index contributed by atoms with van der Waals surface area (Å²) in [5.74, 6) is 1.43. The lowest BCUT2D eigenvalue weighted by Crippen LogP contribution is -1.97. The molecule has 29 heavy (non-hydrogen) atoms. The van der Waals surface area contributed by atoms with Gasteiger partial charge in [0.05, 0.1) is 16.7 Å². The van der Waals surface area contributed by atoms with E-state index in [4.69, 9.17) is 26.2 Å². The minimum Gasteiger partial charge on any atom is -0.454 e. The predicted octanol–water partition coefficient (Wildman–Crippen LogP) is 5.62. The molecular formula is C23H14ClN3O2. The van der Waals surface area contributed by atoms with Crippen LogP contribution in [-0.4, -0.2) is 21.6 Å². The Labute approximate surface area is 171 Å². The first kappa shape index (κ1) is 16.4. The van der Waals surface area contributed by atoms with Crippen LogP contribution in [-0.2, 0) is 0 Å². The average Bonchev–Trinajstić information content (AvgIpc) is 3.37. The molecule has 0 unspecified atom stereocenters. The standard InChI is InChI=1S/C23H14ClN3O2/c24-15-6-8-16(9-7-15)27-23-17-10-20-21(29-13-28-20)11-19(17)25-12-18(23)22(26-27)14-4-2-1-3-5-14/h1-12H,13H2. The van der Waals surface area contributed by atoms with Crippen LogP contribution < -0.4 is 9.47 Å². The molecule has 5 nitrogen and oxygen atoms in total. The van der Waals surface area contributed by atoms with Crippen molar-refractivity contribution in [1.29, 1.82) is 0 Å². The molecule has 3 heterocycles. The maximum absolute atomic E-state index is 6.11. The number of rotatable bonds is 2. The molecular weight excluding hydrogens is 386 g/mol. The highest BCUT2D eigenvalue weighted by Crippen LogP contribution is 2.40. The molecule has 1 aliphatic rings. The molecule has 140 valence electrons. The molecule has 0 spiro atoms. The summed E-state index contributed by atoms with van der Waals surface area (Å²) < 4.78 is 13.1. The van der Waals surface area contributed by atoms with Crippen molar-refractivity contribution >= 4 is 33.4 Å². The van der Waals surface area contributed by atoms with Gasteiger partial charge in [-0.2, -0.15) is 5.10 Å². The van der Waals surface area contributed by atoms with Crippen molar-refractivity contribution in [3.8, 4) is 28.4 Å². The zero-order valence-corrected chi connectivity index (χ0v) is 15.9. The van der Waals surface area contributed by atoms with Gasteiger partial charge in [0, 0.05) is 33.6 Å². The van der Waals surface area contributed by atoms with Crippen LogP contribution in [0.2, 0.25) is 5.02 Å². The summed E-state index contributed by atoms with van der Waals surface area (Å²) >= 11 is 6.11. The molecule has 6 rings (SSSR count). The molecule has 0 bridgehead atoms. The molecule has 1 aliphatic heterocycles. The fraction of sp³-hybridized carbons (Fsp3) is 0.0435. The minimum absolute atomic E-state index is 0.223. The molecule has 6 heteroatoms. The molecule has 0 saturated heterocycles. The molecule has 0 amide bonds. The van der Waals surface area contributed by atoms with E-state index in [9.17, 15) is 0 Å². The van der Waals surface area contributed by atoms with Crippen LogP contribution >= 0.6 is 11.6 Å². The van der Waals surface area contributed by atoms with Crippen molar-refractivity contribution < 1.29 is 9.47 Å². The number of hydrogen-bond acceptors (Lipinski definition) is 4. The highest BCUT2D eigenvalue weighted by molar-refractivity contribution is 6.30. The van der Waals surface area contributed by atoms with Crippen molar-refractivity contribution in [3.05, 3.63) is 77.9 Å². The second kappa shape index (κ2) is 6.22. The Balaban J connectivity index is 1.73. The quantitative estimate of drug-likeness (QED) is 0.386. The van der Waals surface area contributed by atoms with E-state index >= 15 is 0 Å². The fourth-order valence-electron chi connectivity index (χ4n) is 3.75. The van der Waals surface area contributed by atoms with Gasteiger partial charge in [-0.15, -0.1) is 0 Å². The Morgan fingerprint density at radius 3 is 2.41 bits per heavy atom. The summed E-state index contributed by atoms with van der Waals surface area (Å²) in [5, 5.41) is 7.57. The van der Waals surface area contributed by atoms with Gasteiger partial charge in [-0.25, -0.2) is 4.68 Å². The monoisotopic (exact) mass is 399 g/mol. The number of halogens is 1. The molecule has 2 aromatic heterocycles. The SMILES string of the molecule is Clc1ccc(-n2nc(-c3ccccc3)c3cnc4cc5c(cc4c32)OCO5)cc1. The van der Waals surface area contributed by atoms with Crippen LogP contribution in [0.15, 0.2) is 72.9 Å². The zero-order valence-electron chi connectivity index (χ0n) is 15.2. The van der Waals surface area contributed by atoms with Crippen LogP contribution in [0.1, 0.15) is 0 Å². The van der Waals surface area contributed by atoms with E-state index in [1.165, 1.54) is 0 Å². The summed E-state index contributed by atoms with van der Waals surface area (Å²) in [6.07, 6.45) is 1.88. The first-order valence-electron chi connectivity index (χ1n) is 9.20. The molecule has 0 radical (unpaired) electrons. The molecule has 0 N–H and O–H groups in total. The van der Waals surface area contributed by atoms with Crippen molar-refractivity contribution in [2.45, 2.75) is 0 Å². The van der Waals surface area contributed by atoms with Gasteiger partial charge in [0.1, 0.15) is 5.69 Å². The summed E-state index contributed by atoms with van der Waals surface area (Å²) in [6, 6.07) is 21.7. The third-order valence-electron chi connectivity index (χ3n) is 5.12.